The quantitative estimate of drug-likeness (QED) is 0.866. The molecule has 1 heterocycles. The molecule has 0 bridgehead atoms. The van der Waals surface area contributed by atoms with Gasteiger partial charge in [0.15, 0.2) is 5.17 Å². The van der Waals surface area contributed by atoms with Gasteiger partial charge in [0.05, 0.1) is 0 Å². The van der Waals surface area contributed by atoms with Gasteiger partial charge in [-0.2, -0.15) is 4.99 Å². The number of halogens is 1. The summed E-state index contributed by atoms with van der Waals surface area (Å²) in [5.74, 6) is 0.472. The van der Waals surface area contributed by atoms with Gasteiger partial charge >= 0.3 is 6.03 Å². The molecular formula is C11H12ClN3O2S. The van der Waals surface area contributed by atoms with E-state index in [1.807, 2.05) is 12.1 Å². The van der Waals surface area contributed by atoms with Gasteiger partial charge in [0.2, 0.25) is 0 Å². The van der Waals surface area contributed by atoms with Crippen molar-refractivity contribution in [2.75, 3.05) is 5.75 Å². The molecule has 1 aliphatic heterocycles. The van der Waals surface area contributed by atoms with E-state index in [0.29, 0.717) is 22.5 Å². The Kier molecular flexibility index (Phi) is 4.11. The Hall–Kier alpha value is -1.24. The molecule has 3 N–H and O–H groups in total. The number of amides is 2. The number of nitrogens with two attached hydrogens (primary N) is 1. The number of aliphatic imine (C=N–C) groups is 1. The molecule has 5 nitrogen and oxygen atoms in total. The molecule has 0 aliphatic carbocycles. The van der Waals surface area contributed by atoms with E-state index in [-0.39, 0.29) is 0 Å². The summed E-state index contributed by atoms with van der Waals surface area (Å²) >= 11 is 7.11. The Balaban J connectivity index is 2.15. The molecule has 0 saturated carbocycles. The Labute approximate surface area is 114 Å². The van der Waals surface area contributed by atoms with Crippen molar-refractivity contribution >= 4 is 34.6 Å². The zero-order valence-corrected chi connectivity index (χ0v) is 11.0. The van der Waals surface area contributed by atoms with Crippen LogP contribution in [-0.2, 0) is 6.54 Å². The summed E-state index contributed by atoms with van der Waals surface area (Å²) in [6.07, 6.45) is -0.663. The van der Waals surface area contributed by atoms with Gasteiger partial charge in [-0.3, -0.25) is 0 Å². The normalized spacial score (nSPS) is 21.6. The third kappa shape index (κ3) is 3.16. The van der Waals surface area contributed by atoms with Gasteiger partial charge in [-0.1, -0.05) is 35.5 Å². The average Bonchev–Trinajstić information content (AvgIpc) is 2.64. The third-order valence-corrected chi connectivity index (χ3v) is 3.74. The molecule has 2 rings (SSSR count). The molecule has 0 spiro atoms. The Bertz CT molecular complexity index is 478. The van der Waals surface area contributed by atoms with Gasteiger partial charge in [0.25, 0.3) is 0 Å². The fourth-order valence-corrected chi connectivity index (χ4v) is 2.71. The number of urea groups is 1. The van der Waals surface area contributed by atoms with Crippen molar-refractivity contribution in [3.05, 3.63) is 34.9 Å². The number of nitrogens with zero attached hydrogens (tertiary/aromatic N) is 2. The van der Waals surface area contributed by atoms with Crippen LogP contribution in [-0.4, -0.2) is 33.2 Å². The predicted molar refractivity (Wildman–Crippen MR) is 72.5 cm³/mol. The smallest absolute Gasteiger partial charge is 0.340 e. The van der Waals surface area contributed by atoms with Crippen LogP contribution in [0.2, 0.25) is 5.02 Å². The number of primary amides is 1. The van der Waals surface area contributed by atoms with Gasteiger partial charge in [-0.05, 0) is 17.7 Å². The number of aliphatic hydroxyl groups is 1. The highest BCUT2D eigenvalue weighted by molar-refractivity contribution is 8.14. The van der Waals surface area contributed by atoms with Crippen LogP contribution in [0.3, 0.4) is 0 Å². The predicted octanol–water partition coefficient (Wildman–Crippen LogP) is 1.64. The van der Waals surface area contributed by atoms with Gasteiger partial charge in [0.1, 0.15) is 6.23 Å². The van der Waals surface area contributed by atoms with E-state index in [4.69, 9.17) is 17.3 Å². The van der Waals surface area contributed by atoms with E-state index < -0.39 is 12.3 Å². The second-order valence-corrected chi connectivity index (χ2v) is 5.20. The van der Waals surface area contributed by atoms with Crippen molar-refractivity contribution < 1.29 is 9.90 Å². The lowest BCUT2D eigenvalue weighted by molar-refractivity contribution is 0.0779. The number of hydrogen-bond donors (Lipinski definition) is 2. The number of thioether (sulfide) groups is 1. The first kappa shape index (κ1) is 13.2. The van der Waals surface area contributed by atoms with Crippen LogP contribution in [0.1, 0.15) is 5.56 Å². The molecule has 96 valence electrons. The maximum Gasteiger partial charge on any atom is 0.340 e. The standard InChI is InChI=1S/C11H12ClN3O2S/c12-8-3-1-7(2-4-8)5-15-9(16)6-18-11(15)14-10(13)17/h1-4,9,16H,5-6H2,(H2,13,17)/b14-11-. The Morgan fingerprint density at radius 2 is 2.22 bits per heavy atom. The van der Waals surface area contributed by atoms with Crippen LogP contribution < -0.4 is 5.73 Å². The van der Waals surface area contributed by atoms with Crippen molar-refractivity contribution in [1.82, 2.24) is 4.90 Å². The maximum atomic E-state index is 10.8. The first-order chi connectivity index (χ1) is 8.56. The Morgan fingerprint density at radius 1 is 1.56 bits per heavy atom. The molecule has 0 radical (unpaired) electrons. The fraction of sp³-hybridized carbons (Fsp3) is 0.273. The minimum atomic E-state index is -0.757. The summed E-state index contributed by atoms with van der Waals surface area (Å²) in [6.45, 7) is 0.456. The van der Waals surface area contributed by atoms with Crippen LogP contribution >= 0.6 is 23.4 Å². The lowest BCUT2D eigenvalue weighted by atomic mass is 10.2. The van der Waals surface area contributed by atoms with Crippen LogP contribution in [0, 0.1) is 0 Å². The fourth-order valence-electron chi connectivity index (χ4n) is 1.60. The number of benzene rings is 1. The molecule has 7 heteroatoms. The van der Waals surface area contributed by atoms with E-state index in [2.05, 4.69) is 4.99 Å². The highest BCUT2D eigenvalue weighted by Crippen LogP contribution is 2.25. The summed E-state index contributed by atoms with van der Waals surface area (Å²) in [4.78, 5) is 16.1. The van der Waals surface area contributed by atoms with E-state index in [9.17, 15) is 9.90 Å². The first-order valence-electron chi connectivity index (χ1n) is 5.26. The summed E-state index contributed by atoms with van der Waals surface area (Å²) < 4.78 is 0. The molecule has 1 unspecified atom stereocenters. The van der Waals surface area contributed by atoms with Gasteiger partial charge < -0.3 is 15.7 Å². The molecule has 18 heavy (non-hydrogen) atoms. The van der Waals surface area contributed by atoms with Crippen molar-refractivity contribution in [2.45, 2.75) is 12.8 Å². The van der Waals surface area contributed by atoms with Crippen molar-refractivity contribution in [2.24, 2.45) is 10.7 Å². The number of carbonyl (C=O) groups excluding carboxylic acids is 1. The van der Waals surface area contributed by atoms with E-state index in [1.165, 1.54) is 11.8 Å². The summed E-state index contributed by atoms with van der Waals surface area (Å²) in [5, 5.41) is 10.9. The van der Waals surface area contributed by atoms with Gasteiger partial charge in [0, 0.05) is 17.3 Å². The zero-order valence-electron chi connectivity index (χ0n) is 9.41. The SMILES string of the molecule is NC(=O)/N=C1\SCC(O)N1Cc1ccc(Cl)cc1. The number of amidine groups is 1. The van der Waals surface area contributed by atoms with E-state index in [1.54, 1.807) is 17.0 Å². The molecule has 1 atom stereocenters. The molecule has 0 aromatic heterocycles. The molecule has 1 saturated heterocycles. The van der Waals surface area contributed by atoms with E-state index in [0.717, 1.165) is 5.56 Å². The molecule has 1 fully saturated rings. The molecule has 1 aliphatic rings. The lowest BCUT2D eigenvalue weighted by Crippen LogP contribution is -2.33. The van der Waals surface area contributed by atoms with Crippen molar-refractivity contribution in [3.8, 4) is 0 Å². The van der Waals surface area contributed by atoms with E-state index >= 15 is 0 Å². The van der Waals surface area contributed by atoms with Crippen molar-refractivity contribution in [3.63, 3.8) is 0 Å². The van der Waals surface area contributed by atoms with Gasteiger partial charge in [-0.15, -0.1) is 0 Å². The second-order valence-electron chi connectivity index (χ2n) is 3.78. The van der Waals surface area contributed by atoms with Crippen molar-refractivity contribution in [1.29, 1.82) is 0 Å². The monoisotopic (exact) mass is 285 g/mol. The van der Waals surface area contributed by atoms with Crippen LogP contribution in [0.4, 0.5) is 4.79 Å². The highest BCUT2D eigenvalue weighted by atomic mass is 35.5. The summed E-state index contributed by atoms with van der Waals surface area (Å²) in [7, 11) is 0. The molecule has 1 aromatic rings. The minimum absolute atomic E-state index is 0.449. The molecule has 2 amide bonds. The lowest BCUT2D eigenvalue weighted by Gasteiger charge is -2.21. The maximum absolute atomic E-state index is 10.8. The Morgan fingerprint density at radius 3 is 2.83 bits per heavy atom. The topological polar surface area (TPSA) is 78.9 Å². The van der Waals surface area contributed by atoms with Crippen LogP contribution in [0.25, 0.3) is 0 Å². The number of carbonyl (C=O) groups is 1. The first-order valence-corrected chi connectivity index (χ1v) is 6.62. The summed E-state index contributed by atoms with van der Waals surface area (Å²) in [6, 6.07) is 6.52. The molecular weight excluding hydrogens is 274 g/mol. The molecule has 1 aromatic carbocycles. The van der Waals surface area contributed by atoms with Crippen LogP contribution in [0.5, 0.6) is 0 Å². The largest absolute Gasteiger partial charge is 0.373 e. The zero-order chi connectivity index (χ0) is 13.1. The highest BCUT2D eigenvalue weighted by Gasteiger charge is 2.28. The summed E-state index contributed by atoms with van der Waals surface area (Å²) in [5.41, 5.74) is 6.00. The third-order valence-electron chi connectivity index (χ3n) is 2.44. The number of hydrogen-bond acceptors (Lipinski definition) is 3. The average molecular weight is 286 g/mol. The minimum Gasteiger partial charge on any atom is -0.373 e. The number of rotatable bonds is 2. The van der Waals surface area contributed by atoms with Crippen LogP contribution in [0.15, 0.2) is 29.3 Å². The van der Waals surface area contributed by atoms with Gasteiger partial charge in [-0.25, -0.2) is 4.79 Å². The number of aliphatic hydroxyl groups excluding tert-OH is 1. The second kappa shape index (κ2) is 5.60.